The molecule has 2 aliphatic rings. The first-order chi connectivity index (χ1) is 22.4. The summed E-state index contributed by atoms with van der Waals surface area (Å²) in [6, 6.07) is 25.6. The van der Waals surface area contributed by atoms with Gasteiger partial charge in [0.1, 0.15) is 0 Å². The molecule has 0 saturated carbocycles. The SMILES string of the molecule is COc1ccc([C@H]2C3=C(C[C@@H](c4ccccc4)CC3=O)Nc3ccccc3N2C(=O)c2cc(OC)c(OC)c(OC)c2)cc1OC. The number of hydrogen-bond acceptors (Lipinski definition) is 8. The van der Waals surface area contributed by atoms with Crippen LogP contribution in [0.4, 0.5) is 11.4 Å². The summed E-state index contributed by atoms with van der Waals surface area (Å²) < 4.78 is 27.9. The molecule has 236 valence electrons. The van der Waals surface area contributed by atoms with E-state index in [1.165, 1.54) is 21.3 Å². The predicted molar refractivity (Wildman–Crippen MR) is 176 cm³/mol. The van der Waals surface area contributed by atoms with Crippen LogP contribution in [0, 0.1) is 0 Å². The van der Waals surface area contributed by atoms with E-state index in [0.29, 0.717) is 69.7 Å². The molecule has 0 bridgehead atoms. The number of anilines is 2. The first-order valence-electron chi connectivity index (χ1n) is 14.9. The van der Waals surface area contributed by atoms with E-state index in [-0.39, 0.29) is 17.6 Å². The fourth-order valence-corrected chi connectivity index (χ4v) is 6.46. The molecule has 4 aromatic carbocycles. The fourth-order valence-electron chi connectivity index (χ4n) is 6.46. The molecule has 6 rings (SSSR count). The van der Waals surface area contributed by atoms with Gasteiger partial charge in [-0.2, -0.15) is 0 Å². The third-order valence-electron chi connectivity index (χ3n) is 8.61. The van der Waals surface area contributed by atoms with Crippen molar-refractivity contribution in [3.05, 3.63) is 113 Å². The number of benzene rings is 4. The molecule has 4 aromatic rings. The topological polar surface area (TPSA) is 95.6 Å². The molecule has 0 aromatic heterocycles. The number of rotatable bonds is 8. The van der Waals surface area contributed by atoms with E-state index in [0.717, 1.165) is 11.3 Å². The lowest BCUT2D eigenvalue weighted by Gasteiger charge is -2.35. The van der Waals surface area contributed by atoms with E-state index in [1.54, 1.807) is 37.3 Å². The van der Waals surface area contributed by atoms with Crippen molar-refractivity contribution < 1.29 is 33.3 Å². The van der Waals surface area contributed by atoms with Crippen LogP contribution in [0.5, 0.6) is 28.7 Å². The molecule has 2 atom stereocenters. The predicted octanol–water partition coefficient (Wildman–Crippen LogP) is 6.94. The monoisotopic (exact) mass is 620 g/mol. The summed E-state index contributed by atoms with van der Waals surface area (Å²) in [6.07, 6.45) is 0.895. The Balaban J connectivity index is 1.60. The molecule has 1 heterocycles. The van der Waals surface area contributed by atoms with Gasteiger partial charge in [0.2, 0.25) is 5.75 Å². The van der Waals surface area contributed by atoms with Crippen molar-refractivity contribution in [3.63, 3.8) is 0 Å². The maximum absolute atomic E-state index is 14.9. The lowest BCUT2D eigenvalue weighted by molar-refractivity contribution is -0.116. The number of Topliss-reactive ketones (excluding diaryl/α,β-unsaturated/α-hetero) is 1. The fraction of sp³-hybridized carbons (Fsp3) is 0.243. The van der Waals surface area contributed by atoms with Gasteiger partial charge in [0.25, 0.3) is 5.91 Å². The highest BCUT2D eigenvalue weighted by Gasteiger charge is 2.42. The quantitative estimate of drug-likeness (QED) is 0.226. The van der Waals surface area contributed by atoms with Gasteiger partial charge in [0, 0.05) is 23.3 Å². The third-order valence-corrected chi connectivity index (χ3v) is 8.61. The summed E-state index contributed by atoms with van der Waals surface area (Å²) in [4.78, 5) is 31.0. The lowest BCUT2D eigenvalue weighted by atomic mass is 9.78. The number of methoxy groups -OCH3 is 5. The Labute approximate surface area is 268 Å². The number of allylic oxidation sites excluding steroid dienone is 1. The number of ether oxygens (including phenoxy) is 5. The number of nitrogens with one attached hydrogen (secondary N) is 1. The average Bonchev–Trinajstić information content (AvgIpc) is 3.25. The van der Waals surface area contributed by atoms with Gasteiger partial charge in [0.05, 0.1) is 53.0 Å². The highest BCUT2D eigenvalue weighted by Crippen LogP contribution is 2.49. The second-order valence-corrected chi connectivity index (χ2v) is 11.1. The Morgan fingerprint density at radius 1 is 0.696 bits per heavy atom. The van der Waals surface area contributed by atoms with Gasteiger partial charge in [-0.25, -0.2) is 0 Å². The first-order valence-corrected chi connectivity index (χ1v) is 14.9. The van der Waals surface area contributed by atoms with E-state index in [4.69, 9.17) is 23.7 Å². The zero-order valence-corrected chi connectivity index (χ0v) is 26.5. The van der Waals surface area contributed by atoms with Crippen molar-refractivity contribution in [1.82, 2.24) is 0 Å². The van der Waals surface area contributed by atoms with Crippen molar-refractivity contribution >= 4 is 23.1 Å². The zero-order chi connectivity index (χ0) is 32.4. The van der Waals surface area contributed by atoms with Crippen molar-refractivity contribution in [2.75, 3.05) is 45.8 Å². The molecule has 0 fully saturated rings. The molecule has 1 amide bonds. The Kier molecular flexibility index (Phi) is 8.57. The van der Waals surface area contributed by atoms with Gasteiger partial charge in [-0.1, -0.05) is 48.5 Å². The van der Waals surface area contributed by atoms with Crippen LogP contribution >= 0.6 is 0 Å². The van der Waals surface area contributed by atoms with Crippen molar-refractivity contribution in [2.24, 2.45) is 0 Å². The number of para-hydroxylation sites is 2. The number of hydrogen-bond donors (Lipinski definition) is 1. The molecule has 0 radical (unpaired) electrons. The molecule has 46 heavy (non-hydrogen) atoms. The number of carbonyl (C=O) groups excluding carboxylic acids is 2. The Morgan fingerprint density at radius 2 is 1.35 bits per heavy atom. The van der Waals surface area contributed by atoms with Gasteiger partial charge < -0.3 is 29.0 Å². The summed E-state index contributed by atoms with van der Waals surface area (Å²) in [6.45, 7) is 0. The Bertz CT molecular complexity index is 1790. The minimum Gasteiger partial charge on any atom is -0.493 e. The summed E-state index contributed by atoms with van der Waals surface area (Å²) in [5.74, 6) is 1.65. The number of nitrogens with zero attached hydrogens (tertiary/aromatic N) is 1. The summed E-state index contributed by atoms with van der Waals surface area (Å²) in [5, 5.41) is 3.58. The molecule has 0 saturated heterocycles. The molecule has 0 spiro atoms. The second-order valence-electron chi connectivity index (χ2n) is 11.1. The molecule has 1 N–H and O–H groups in total. The number of carbonyl (C=O) groups is 2. The highest BCUT2D eigenvalue weighted by molar-refractivity contribution is 6.12. The van der Waals surface area contributed by atoms with Crippen LogP contribution < -0.4 is 33.9 Å². The summed E-state index contributed by atoms with van der Waals surface area (Å²) in [5.41, 5.74) is 4.70. The molecule has 9 heteroatoms. The van der Waals surface area contributed by atoms with Crippen molar-refractivity contribution in [3.8, 4) is 28.7 Å². The van der Waals surface area contributed by atoms with Crippen LogP contribution in [0.1, 0.15) is 46.3 Å². The van der Waals surface area contributed by atoms with Gasteiger partial charge in [-0.05, 0) is 59.9 Å². The van der Waals surface area contributed by atoms with Crippen LogP contribution in [0.2, 0.25) is 0 Å². The maximum atomic E-state index is 14.9. The van der Waals surface area contributed by atoms with Gasteiger partial charge in [-0.15, -0.1) is 0 Å². The van der Waals surface area contributed by atoms with Crippen LogP contribution in [0.3, 0.4) is 0 Å². The average molecular weight is 621 g/mol. The number of amides is 1. The third kappa shape index (κ3) is 5.38. The number of ketones is 1. The number of fused-ring (bicyclic) bond motifs is 1. The zero-order valence-electron chi connectivity index (χ0n) is 26.5. The largest absolute Gasteiger partial charge is 0.493 e. The Morgan fingerprint density at radius 3 is 2.00 bits per heavy atom. The van der Waals surface area contributed by atoms with E-state index in [9.17, 15) is 9.59 Å². The standard InChI is InChI=1S/C37H36N2O7/c1-42-30-16-15-23(19-31(30)43-2)35-34-27(17-24(18-29(34)40)22-11-7-6-8-12-22)38-26-13-9-10-14-28(26)39(35)37(41)25-20-32(44-3)36(46-5)33(21-25)45-4/h6-16,19-21,24,35,38H,17-18H2,1-5H3/t24-,35+/m1/s1. The minimum atomic E-state index is -0.804. The van der Waals surface area contributed by atoms with Crippen LogP contribution in [-0.2, 0) is 4.79 Å². The summed E-state index contributed by atoms with van der Waals surface area (Å²) >= 11 is 0. The smallest absolute Gasteiger partial charge is 0.259 e. The van der Waals surface area contributed by atoms with Gasteiger partial charge >= 0.3 is 0 Å². The van der Waals surface area contributed by atoms with Crippen molar-refractivity contribution in [1.29, 1.82) is 0 Å². The molecular formula is C37H36N2O7. The van der Waals surface area contributed by atoms with E-state index in [2.05, 4.69) is 17.4 Å². The lowest BCUT2D eigenvalue weighted by Crippen LogP contribution is -2.38. The Hall–Kier alpha value is -5.44. The van der Waals surface area contributed by atoms with E-state index < -0.39 is 6.04 Å². The van der Waals surface area contributed by atoms with Gasteiger partial charge in [0.15, 0.2) is 28.8 Å². The maximum Gasteiger partial charge on any atom is 0.259 e. The first kappa shape index (κ1) is 30.6. The minimum absolute atomic E-state index is 0.0180. The molecule has 0 unspecified atom stereocenters. The van der Waals surface area contributed by atoms with Crippen LogP contribution in [0.15, 0.2) is 96.2 Å². The molecular weight excluding hydrogens is 584 g/mol. The molecule has 1 aliphatic heterocycles. The molecule has 9 nitrogen and oxygen atoms in total. The van der Waals surface area contributed by atoms with Crippen LogP contribution in [-0.4, -0.2) is 47.2 Å². The van der Waals surface area contributed by atoms with E-state index >= 15 is 0 Å². The normalized spacial score (nSPS) is 17.2. The van der Waals surface area contributed by atoms with Crippen molar-refractivity contribution in [2.45, 2.75) is 24.8 Å². The highest BCUT2D eigenvalue weighted by atomic mass is 16.5. The van der Waals surface area contributed by atoms with Gasteiger partial charge in [-0.3, -0.25) is 14.5 Å². The second kappa shape index (κ2) is 12.9. The van der Waals surface area contributed by atoms with Crippen LogP contribution in [0.25, 0.3) is 0 Å². The van der Waals surface area contributed by atoms with E-state index in [1.807, 2.05) is 54.6 Å². The summed E-state index contributed by atoms with van der Waals surface area (Å²) in [7, 11) is 7.65. The molecule has 1 aliphatic carbocycles.